The molecule has 1 atom stereocenters. The van der Waals surface area contributed by atoms with Gasteiger partial charge in [-0.05, 0) is 36.6 Å². The molecule has 1 unspecified atom stereocenters. The van der Waals surface area contributed by atoms with Crippen molar-refractivity contribution in [1.29, 1.82) is 0 Å². The first kappa shape index (κ1) is 11.0. The van der Waals surface area contributed by atoms with Gasteiger partial charge in [-0.3, -0.25) is 4.57 Å². The van der Waals surface area contributed by atoms with Crippen LogP contribution in [0.15, 0.2) is 27.4 Å². The topological polar surface area (TPSA) is 61.2 Å². The molecular weight excluding hydrogens is 204 g/mol. The molecule has 4 nitrogen and oxygen atoms in total. The monoisotopic (exact) mass is 220 g/mol. The summed E-state index contributed by atoms with van der Waals surface area (Å²) in [5.41, 5.74) is 8.21. The molecule has 1 heterocycles. The number of nitrogens with two attached hydrogens (primary N) is 1. The molecule has 0 aliphatic carbocycles. The second kappa shape index (κ2) is 4.14. The maximum atomic E-state index is 11.3. The smallest absolute Gasteiger partial charge is 0.408 e. The molecule has 2 aromatic rings. The van der Waals surface area contributed by atoms with Gasteiger partial charge >= 0.3 is 5.76 Å². The van der Waals surface area contributed by atoms with Crippen molar-refractivity contribution in [2.24, 2.45) is 18.7 Å². The van der Waals surface area contributed by atoms with Crippen molar-refractivity contribution in [1.82, 2.24) is 4.57 Å². The van der Waals surface area contributed by atoms with Crippen LogP contribution in [0, 0.1) is 5.92 Å². The van der Waals surface area contributed by atoms with Gasteiger partial charge in [-0.25, -0.2) is 4.79 Å². The fourth-order valence-electron chi connectivity index (χ4n) is 1.79. The highest BCUT2D eigenvalue weighted by Crippen LogP contribution is 2.16. The number of fused-ring (bicyclic) bond motifs is 1. The van der Waals surface area contributed by atoms with Gasteiger partial charge < -0.3 is 10.2 Å². The normalized spacial score (nSPS) is 13.2. The molecule has 86 valence electrons. The van der Waals surface area contributed by atoms with E-state index in [1.165, 1.54) is 4.57 Å². The van der Waals surface area contributed by atoms with E-state index >= 15 is 0 Å². The third-order valence-corrected chi connectivity index (χ3v) is 2.84. The molecule has 1 aromatic heterocycles. The number of oxazole rings is 1. The minimum atomic E-state index is -0.320. The predicted molar refractivity (Wildman–Crippen MR) is 63.4 cm³/mol. The highest BCUT2D eigenvalue weighted by atomic mass is 16.4. The van der Waals surface area contributed by atoms with Gasteiger partial charge in [-0.1, -0.05) is 13.0 Å². The van der Waals surface area contributed by atoms with Gasteiger partial charge in [-0.15, -0.1) is 0 Å². The molecule has 0 radical (unpaired) electrons. The summed E-state index contributed by atoms with van der Waals surface area (Å²) in [7, 11) is 1.70. The summed E-state index contributed by atoms with van der Waals surface area (Å²) in [6.45, 7) is 2.77. The van der Waals surface area contributed by atoms with E-state index in [2.05, 4.69) is 6.92 Å². The molecule has 4 heteroatoms. The number of nitrogens with zero attached hydrogens (tertiary/aromatic N) is 1. The van der Waals surface area contributed by atoms with Crippen LogP contribution in [0.1, 0.15) is 12.5 Å². The van der Waals surface area contributed by atoms with Crippen molar-refractivity contribution in [3.05, 3.63) is 34.3 Å². The van der Waals surface area contributed by atoms with Crippen LogP contribution < -0.4 is 11.5 Å². The van der Waals surface area contributed by atoms with E-state index in [9.17, 15) is 4.79 Å². The quantitative estimate of drug-likeness (QED) is 0.847. The number of benzene rings is 1. The third-order valence-electron chi connectivity index (χ3n) is 2.84. The number of rotatable bonds is 3. The SMILES string of the molecule is CC(CN)Cc1ccc2c(c1)oc(=O)n2C. The van der Waals surface area contributed by atoms with Crippen LogP contribution in [0.2, 0.25) is 0 Å². The van der Waals surface area contributed by atoms with Crippen LogP contribution in [0.3, 0.4) is 0 Å². The zero-order valence-electron chi connectivity index (χ0n) is 9.56. The minimum absolute atomic E-state index is 0.320. The Bertz CT molecular complexity index is 554. The van der Waals surface area contributed by atoms with Crippen molar-refractivity contribution < 1.29 is 4.42 Å². The van der Waals surface area contributed by atoms with E-state index in [1.807, 2.05) is 18.2 Å². The van der Waals surface area contributed by atoms with Gasteiger partial charge in [0.1, 0.15) is 0 Å². The molecule has 0 amide bonds. The van der Waals surface area contributed by atoms with Crippen molar-refractivity contribution >= 4 is 11.1 Å². The summed E-state index contributed by atoms with van der Waals surface area (Å²) in [4.78, 5) is 11.3. The molecule has 0 aliphatic heterocycles. The summed E-state index contributed by atoms with van der Waals surface area (Å²) in [6.07, 6.45) is 0.908. The Hall–Kier alpha value is -1.55. The Morgan fingerprint density at radius 2 is 2.25 bits per heavy atom. The zero-order chi connectivity index (χ0) is 11.7. The summed E-state index contributed by atoms with van der Waals surface area (Å²) < 4.78 is 6.64. The van der Waals surface area contributed by atoms with E-state index in [1.54, 1.807) is 7.05 Å². The predicted octanol–water partition coefficient (Wildman–Crippen LogP) is 1.27. The van der Waals surface area contributed by atoms with Crippen LogP contribution >= 0.6 is 0 Å². The first-order valence-corrected chi connectivity index (χ1v) is 5.40. The molecule has 0 saturated carbocycles. The maximum absolute atomic E-state index is 11.3. The van der Waals surface area contributed by atoms with Crippen molar-refractivity contribution in [2.45, 2.75) is 13.3 Å². The Balaban J connectivity index is 2.41. The number of hydrogen-bond acceptors (Lipinski definition) is 3. The number of hydrogen-bond donors (Lipinski definition) is 1. The molecule has 0 fully saturated rings. The standard InChI is InChI=1S/C12H16N2O2/c1-8(7-13)5-9-3-4-10-11(6-9)16-12(15)14(10)2/h3-4,6,8H,5,7,13H2,1-2H3. The Morgan fingerprint density at radius 1 is 1.50 bits per heavy atom. The Labute approximate surface area is 93.7 Å². The van der Waals surface area contributed by atoms with Crippen LogP contribution in [0.5, 0.6) is 0 Å². The fourth-order valence-corrected chi connectivity index (χ4v) is 1.79. The summed E-state index contributed by atoms with van der Waals surface area (Å²) >= 11 is 0. The summed E-state index contributed by atoms with van der Waals surface area (Å²) in [5.74, 6) is 0.118. The molecule has 2 N–H and O–H groups in total. The van der Waals surface area contributed by atoms with Crippen molar-refractivity contribution in [3.63, 3.8) is 0 Å². The van der Waals surface area contributed by atoms with Crippen LogP contribution in [-0.2, 0) is 13.5 Å². The minimum Gasteiger partial charge on any atom is -0.408 e. The molecule has 1 aromatic carbocycles. The number of aromatic nitrogens is 1. The van der Waals surface area contributed by atoms with E-state index in [-0.39, 0.29) is 5.76 Å². The molecule has 0 aliphatic rings. The molecule has 0 bridgehead atoms. The maximum Gasteiger partial charge on any atom is 0.419 e. The van der Waals surface area contributed by atoms with Crippen molar-refractivity contribution in [3.8, 4) is 0 Å². The van der Waals surface area contributed by atoms with E-state index in [4.69, 9.17) is 10.2 Å². The first-order chi connectivity index (χ1) is 7.61. The Kier molecular flexibility index (Phi) is 2.83. The number of aryl methyl sites for hydroxylation is 1. The van der Waals surface area contributed by atoms with E-state index in [0.717, 1.165) is 17.5 Å². The Morgan fingerprint density at radius 3 is 2.94 bits per heavy atom. The first-order valence-electron chi connectivity index (χ1n) is 5.40. The van der Waals surface area contributed by atoms with Gasteiger partial charge in [0.2, 0.25) is 0 Å². The van der Waals surface area contributed by atoms with Gasteiger partial charge in [0.05, 0.1) is 5.52 Å². The lowest BCUT2D eigenvalue weighted by Gasteiger charge is -2.07. The zero-order valence-corrected chi connectivity index (χ0v) is 9.56. The lowest BCUT2D eigenvalue weighted by molar-refractivity contribution is 0.527. The molecule has 0 spiro atoms. The third kappa shape index (κ3) is 1.88. The van der Waals surface area contributed by atoms with Gasteiger partial charge in [-0.2, -0.15) is 0 Å². The van der Waals surface area contributed by atoms with E-state index in [0.29, 0.717) is 18.0 Å². The molecule has 2 rings (SSSR count). The highest BCUT2D eigenvalue weighted by Gasteiger charge is 2.07. The van der Waals surface area contributed by atoms with E-state index < -0.39 is 0 Å². The van der Waals surface area contributed by atoms with Crippen molar-refractivity contribution in [2.75, 3.05) is 6.54 Å². The second-order valence-electron chi connectivity index (χ2n) is 4.27. The largest absolute Gasteiger partial charge is 0.419 e. The molecule has 16 heavy (non-hydrogen) atoms. The van der Waals surface area contributed by atoms with Gasteiger partial charge in [0.15, 0.2) is 5.58 Å². The average Bonchev–Trinajstić information content (AvgIpc) is 2.54. The second-order valence-corrected chi connectivity index (χ2v) is 4.27. The highest BCUT2D eigenvalue weighted by molar-refractivity contribution is 5.73. The van der Waals surface area contributed by atoms with Gasteiger partial charge in [0.25, 0.3) is 0 Å². The van der Waals surface area contributed by atoms with Crippen LogP contribution in [-0.4, -0.2) is 11.1 Å². The molecule has 0 saturated heterocycles. The summed E-state index contributed by atoms with van der Waals surface area (Å²) in [6, 6.07) is 5.85. The summed E-state index contributed by atoms with van der Waals surface area (Å²) in [5, 5.41) is 0. The van der Waals surface area contributed by atoms with Crippen LogP contribution in [0.25, 0.3) is 11.1 Å². The lowest BCUT2D eigenvalue weighted by atomic mass is 10.0. The lowest BCUT2D eigenvalue weighted by Crippen LogP contribution is -2.13. The molecular formula is C12H16N2O2. The fraction of sp³-hybridized carbons (Fsp3) is 0.417. The van der Waals surface area contributed by atoms with Gasteiger partial charge in [0, 0.05) is 7.05 Å². The average molecular weight is 220 g/mol. The van der Waals surface area contributed by atoms with Crippen LogP contribution in [0.4, 0.5) is 0 Å².